The third kappa shape index (κ3) is 7.33. The van der Waals surface area contributed by atoms with Crippen molar-refractivity contribution in [3.8, 4) is 34.7 Å². The lowest BCUT2D eigenvalue weighted by atomic mass is 10.0. The molecule has 2 heterocycles. The van der Waals surface area contributed by atoms with Gasteiger partial charge in [-0.2, -0.15) is 10.2 Å². The van der Waals surface area contributed by atoms with E-state index in [0.717, 1.165) is 50.5 Å². The van der Waals surface area contributed by atoms with Gasteiger partial charge in [0.25, 0.3) is 5.89 Å². The van der Waals surface area contributed by atoms with Crippen LogP contribution >= 0.6 is 11.9 Å². The topological polar surface area (TPSA) is 96.4 Å². The fourth-order valence-corrected chi connectivity index (χ4v) is 5.04. The molecule has 0 bridgehead atoms. The fraction of sp³-hybridized carbons (Fsp3) is 0.464. The molecule has 2 aliphatic rings. The maximum Gasteiger partial charge on any atom is 0.258 e. The Bertz CT molecular complexity index is 1200. The quantitative estimate of drug-likeness (QED) is 0.333. The van der Waals surface area contributed by atoms with Gasteiger partial charge in [-0.05, 0) is 69.5 Å². The minimum Gasteiger partial charge on any atom is -0.490 e. The summed E-state index contributed by atoms with van der Waals surface area (Å²) in [5.41, 5.74) is 4.89. The lowest BCUT2D eigenvalue weighted by molar-refractivity contribution is 0.0410. The monoisotopic (exact) mass is 521 g/mol. The largest absolute Gasteiger partial charge is 0.490 e. The second-order valence-electron chi connectivity index (χ2n) is 9.22. The van der Waals surface area contributed by atoms with Crippen molar-refractivity contribution in [1.82, 2.24) is 19.8 Å². The highest BCUT2D eigenvalue weighted by Crippen LogP contribution is 2.33. The van der Waals surface area contributed by atoms with Crippen LogP contribution in [0.4, 0.5) is 0 Å². The van der Waals surface area contributed by atoms with Gasteiger partial charge >= 0.3 is 0 Å². The summed E-state index contributed by atoms with van der Waals surface area (Å²) >= 11 is 1.77. The Kier molecular flexibility index (Phi) is 9.97. The summed E-state index contributed by atoms with van der Waals surface area (Å²) in [5.74, 6) is 2.73. The van der Waals surface area contributed by atoms with E-state index in [9.17, 15) is 5.26 Å². The average Bonchev–Trinajstić information content (AvgIpc) is 3.60. The van der Waals surface area contributed by atoms with Gasteiger partial charge in [0, 0.05) is 36.5 Å². The first-order valence-corrected chi connectivity index (χ1v) is 13.8. The minimum atomic E-state index is 0.00290. The molecule has 1 N–H and O–H groups in total. The summed E-state index contributed by atoms with van der Waals surface area (Å²) in [5, 5.41) is 13.6. The third-order valence-electron chi connectivity index (χ3n) is 6.28. The van der Waals surface area contributed by atoms with Crippen LogP contribution in [0.25, 0.3) is 22.8 Å². The van der Waals surface area contributed by atoms with E-state index in [0.29, 0.717) is 28.6 Å². The van der Waals surface area contributed by atoms with E-state index in [1.807, 2.05) is 39.1 Å². The number of nitrogens with one attached hydrogen (secondary N) is 1. The predicted octanol–water partition coefficient (Wildman–Crippen LogP) is 4.74. The van der Waals surface area contributed by atoms with E-state index < -0.39 is 0 Å². The number of nitriles is 1. The molecule has 196 valence electrons. The standard InChI is InChI=1S/C21H19N3O2.C7H16N2OS/c1-13(2)25-19-10-9-15(11-16(19)12-22)21-23-20(24-26-21)18-8-4-6-14-5-3-7-17(14)18;1-8-11-7-4-9-2-5-10-6-3-9/h4,6,8-11,13H,3,5,7H2,1-2H3;8H,2-7H2,1H3. The summed E-state index contributed by atoms with van der Waals surface area (Å²) in [6.45, 7) is 9.05. The first-order valence-electron chi connectivity index (χ1n) is 12.8. The molecule has 0 atom stereocenters. The van der Waals surface area contributed by atoms with Crippen LogP contribution in [-0.2, 0) is 17.6 Å². The summed E-state index contributed by atoms with van der Waals surface area (Å²) < 4.78 is 19.4. The molecule has 1 fully saturated rings. The number of hydrogen-bond donors (Lipinski definition) is 1. The second-order valence-corrected chi connectivity index (χ2v) is 10.3. The van der Waals surface area contributed by atoms with Crippen LogP contribution in [0.15, 0.2) is 40.9 Å². The van der Waals surface area contributed by atoms with Crippen LogP contribution in [0.1, 0.15) is 37.0 Å². The number of ether oxygens (including phenoxy) is 2. The Morgan fingerprint density at radius 3 is 2.78 bits per heavy atom. The van der Waals surface area contributed by atoms with Crippen LogP contribution in [0, 0.1) is 11.3 Å². The van der Waals surface area contributed by atoms with Gasteiger partial charge in [-0.1, -0.05) is 35.3 Å². The van der Waals surface area contributed by atoms with Gasteiger partial charge < -0.3 is 14.0 Å². The molecule has 5 rings (SSSR count). The van der Waals surface area contributed by atoms with Crippen LogP contribution in [0.2, 0.25) is 0 Å². The second kappa shape index (κ2) is 13.6. The highest BCUT2D eigenvalue weighted by Gasteiger charge is 2.20. The van der Waals surface area contributed by atoms with Gasteiger partial charge in [-0.15, -0.1) is 0 Å². The Labute approximate surface area is 223 Å². The highest BCUT2D eigenvalue weighted by atomic mass is 32.2. The minimum absolute atomic E-state index is 0.00290. The van der Waals surface area contributed by atoms with Crippen molar-refractivity contribution in [2.24, 2.45) is 0 Å². The zero-order valence-corrected chi connectivity index (χ0v) is 22.6. The molecule has 0 unspecified atom stereocenters. The molecule has 1 aliphatic heterocycles. The maximum absolute atomic E-state index is 9.40. The van der Waals surface area contributed by atoms with Gasteiger partial charge in [-0.3, -0.25) is 9.62 Å². The summed E-state index contributed by atoms with van der Waals surface area (Å²) in [7, 11) is 1.96. The number of fused-ring (bicyclic) bond motifs is 1. The molecule has 1 aromatic heterocycles. The van der Waals surface area contributed by atoms with Crippen LogP contribution < -0.4 is 9.46 Å². The number of aromatic nitrogens is 2. The number of morpholine rings is 1. The van der Waals surface area contributed by atoms with Crippen LogP contribution in [0.3, 0.4) is 0 Å². The molecule has 2 aromatic carbocycles. The molecule has 9 heteroatoms. The van der Waals surface area contributed by atoms with Crippen LogP contribution in [0.5, 0.6) is 5.75 Å². The highest BCUT2D eigenvalue weighted by molar-refractivity contribution is 7.97. The average molecular weight is 522 g/mol. The number of rotatable bonds is 8. The lowest BCUT2D eigenvalue weighted by Gasteiger charge is -2.26. The van der Waals surface area contributed by atoms with Crippen molar-refractivity contribution < 1.29 is 14.0 Å². The zero-order chi connectivity index (χ0) is 26.0. The Hall–Kier alpha value is -2.90. The molecule has 0 spiro atoms. The van der Waals surface area contributed by atoms with E-state index in [-0.39, 0.29) is 6.10 Å². The van der Waals surface area contributed by atoms with Crippen molar-refractivity contribution in [3.63, 3.8) is 0 Å². The fourth-order valence-electron chi connectivity index (χ4n) is 4.49. The molecule has 3 aromatic rings. The SMILES string of the molecule is CC(C)Oc1ccc(-c2nc(-c3cccc4c3CCC4)no2)cc1C#N.CNSCCN1CCOCC1. The Morgan fingerprint density at radius 1 is 1.19 bits per heavy atom. The first kappa shape index (κ1) is 27.1. The molecular formula is C28H35N5O3S. The summed E-state index contributed by atoms with van der Waals surface area (Å²) in [6.07, 6.45) is 3.33. The summed E-state index contributed by atoms with van der Waals surface area (Å²) in [6, 6.07) is 13.8. The van der Waals surface area contributed by atoms with E-state index in [2.05, 4.69) is 31.9 Å². The molecule has 0 amide bonds. The Balaban J connectivity index is 0.000000245. The molecule has 8 nitrogen and oxygen atoms in total. The normalized spacial score (nSPS) is 15.1. The van der Waals surface area contributed by atoms with E-state index in [1.54, 1.807) is 24.1 Å². The Morgan fingerprint density at radius 2 is 2.03 bits per heavy atom. The van der Waals surface area contributed by atoms with Crippen molar-refractivity contribution in [1.29, 1.82) is 5.26 Å². The third-order valence-corrected chi connectivity index (χ3v) is 6.96. The van der Waals surface area contributed by atoms with Gasteiger partial charge in [-0.25, -0.2) is 0 Å². The van der Waals surface area contributed by atoms with E-state index in [4.69, 9.17) is 14.0 Å². The maximum atomic E-state index is 9.40. The van der Waals surface area contributed by atoms with Crippen molar-refractivity contribution in [2.75, 3.05) is 45.6 Å². The molecule has 1 aliphatic carbocycles. The van der Waals surface area contributed by atoms with Crippen molar-refractivity contribution in [3.05, 3.63) is 53.1 Å². The predicted molar refractivity (Wildman–Crippen MR) is 146 cm³/mol. The van der Waals surface area contributed by atoms with Crippen molar-refractivity contribution in [2.45, 2.75) is 39.2 Å². The number of nitrogens with zero attached hydrogens (tertiary/aromatic N) is 4. The van der Waals surface area contributed by atoms with Gasteiger partial charge in [0.15, 0.2) is 0 Å². The lowest BCUT2D eigenvalue weighted by Crippen LogP contribution is -2.37. The number of aryl methyl sites for hydroxylation is 1. The smallest absolute Gasteiger partial charge is 0.258 e. The number of benzene rings is 2. The van der Waals surface area contributed by atoms with Gasteiger partial charge in [0.05, 0.1) is 24.9 Å². The zero-order valence-electron chi connectivity index (χ0n) is 21.8. The molecule has 1 saturated heterocycles. The number of hydrogen-bond acceptors (Lipinski definition) is 9. The van der Waals surface area contributed by atoms with Gasteiger partial charge in [0.1, 0.15) is 11.8 Å². The first-order chi connectivity index (χ1) is 18.1. The van der Waals surface area contributed by atoms with Crippen LogP contribution in [-0.4, -0.2) is 66.8 Å². The molecule has 0 radical (unpaired) electrons. The van der Waals surface area contributed by atoms with E-state index in [1.165, 1.54) is 24.1 Å². The molecular weight excluding hydrogens is 486 g/mol. The van der Waals surface area contributed by atoms with E-state index >= 15 is 0 Å². The molecule has 0 saturated carbocycles. The summed E-state index contributed by atoms with van der Waals surface area (Å²) in [4.78, 5) is 7.00. The van der Waals surface area contributed by atoms with Gasteiger partial charge in [0.2, 0.25) is 5.82 Å². The molecule has 37 heavy (non-hydrogen) atoms. The van der Waals surface area contributed by atoms with Crippen molar-refractivity contribution >= 4 is 11.9 Å².